The Labute approximate surface area is 258 Å². The topological polar surface area (TPSA) is 178 Å². The van der Waals surface area contributed by atoms with Gasteiger partial charge in [0.05, 0.1) is 6.04 Å². The summed E-state index contributed by atoms with van der Waals surface area (Å²) in [5.41, 5.74) is 15.8. The zero-order chi connectivity index (χ0) is 32.1. The summed E-state index contributed by atoms with van der Waals surface area (Å²) in [6, 6.07) is 19.8. The number of nitrogens with one attached hydrogen (secondary N) is 4. The van der Waals surface area contributed by atoms with E-state index >= 15 is 0 Å². The van der Waals surface area contributed by atoms with Crippen molar-refractivity contribution in [2.45, 2.75) is 70.8 Å². The van der Waals surface area contributed by atoms with Crippen LogP contribution in [0.4, 0.5) is 16.2 Å². The first-order valence-corrected chi connectivity index (χ1v) is 14.6. The maximum atomic E-state index is 13.4. The van der Waals surface area contributed by atoms with Crippen LogP contribution in [0.25, 0.3) is 0 Å². The van der Waals surface area contributed by atoms with Crippen molar-refractivity contribution < 1.29 is 23.9 Å². The predicted molar refractivity (Wildman–Crippen MR) is 171 cm³/mol. The van der Waals surface area contributed by atoms with Gasteiger partial charge in [0.25, 0.3) is 0 Å². The molecule has 8 N–H and O–H groups in total. The molecule has 11 nitrogen and oxygen atoms in total. The molecule has 4 atom stereocenters. The lowest BCUT2D eigenvalue weighted by molar-refractivity contribution is -0.131. The largest absolute Gasteiger partial charge is 0.444 e. The van der Waals surface area contributed by atoms with Gasteiger partial charge in [0.2, 0.25) is 17.7 Å². The number of anilines is 2. The van der Waals surface area contributed by atoms with Crippen molar-refractivity contribution in [3.05, 3.63) is 95.6 Å². The van der Waals surface area contributed by atoms with E-state index in [1.54, 1.807) is 36.4 Å². The van der Waals surface area contributed by atoms with Gasteiger partial charge in [-0.1, -0.05) is 73.5 Å². The van der Waals surface area contributed by atoms with Crippen LogP contribution in [0.3, 0.4) is 0 Å². The number of rotatable bonds is 14. The summed E-state index contributed by atoms with van der Waals surface area (Å²) in [5, 5.41) is 10.9. The van der Waals surface area contributed by atoms with E-state index < -0.39 is 48.0 Å². The third-order valence-corrected chi connectivity index (χ3v) is 6.85. The number of carbonyl (C=O) groups excluding carboxylic acids is 4. The molecule has 3 rings (SSSR count). The van der Waals surface area contributed by atoms with Crippen LogP contribution in [-0.2, 0) is 32.1 Å². The molecular weight excluding hydrogens is 560 g/mol. The number of hydrogen-bond donors (Lipinski definition) is 6. The molecule has 0 aliphatic heterocycles. The molecule has 3 aromatic carbocycles. The first-order valence-electron chi connectivity index (χ1n) is 14.6. The van der Waals surface area contributed by atoms with Gasteiger partial charge in [-0.3, -0.25) is 19.7 Å². The lowest BCUT2D eigenvalue weighted by Gasteiger charge is -2.27. The van der Waals surface area contributed by atoms with Gasteiger partial charge in [0.15, 0.2) is 0 Å². The molecule has 0 aliphatic carbocycles. The van der Waals surface area contributed by atoms with E-state index in [1.807, 2.05) is 56.3 Å². The quantitative estimate of drug-likeness (QED) is 0.164. The minimum absolute atomic E-state index is 0.0297. The molecule has 234 valence electrons. The molecule has 0 heterocycles. The monoisotopic (exact) mass is 602 g/mol. The number of aryl methyl sites for hydroxylation is 1. The van der Waals surface area contributed by atoms with Crippen molar-refractivity contribution in [3.8, 4) is 0 Å². The van der Waals surface area contributed by atoms with Gasteiger partial charge < -0.3 is 32.2 Å². The molecule has 44 heavy (non-hydrogen) atoms. The molecule has 0 saturated carbocycles. The fourth-order valence-corrected chi connectivity index (χ4v) is 4.33. The summed E-state index contributed by atoms with van der Waals surface area (Å²) in [4.78, 5) is 51.4. The predicted octanol–water partition coefficient (Wildman–Crippen LogP) is 3.37. The normalized spacial score (nSPS) is 13.5. The highest BCUT2D eigenvalue weighted by Gasteiger charge is 2.31. The molecule has 0 spiro atoms. The number of ether oxygens (including phenoxy) is 1. The molecule has 0 bridgehead atoms. The molecule has 4 amide bonds. The van der Waals surface area contributed by atoms with Crippen molar-refractivity contribution in [1.82, 2.24) is 10.6 Å². The van der Waals surface area contributed by atoms with Crippen LogP contribution in [0.1, 0.15) is 43.4 Å². The fraction of sp³-hybridized carbons (Fsp3) is 0.333. The van der Waals surface area contributed by atoms with Gasteiger partial charge in [-0.25, -0.2) is 4.79 Å². The van der Waals surface area contributed by atoms with Gasteiger partial charge in [-0.05, 0) is 55.7 Å². The molecule has 1 unspecified atom stereocenters. The van der Waals surface area contributed by atoms with Crippen LogP contribution in [0, 0.1) is 6.92 Å². The molecule has 11 heteroatoms. The SMILES string of the molecule is CCCC(N)[C@H](NC(=O)[C@H](Cc1ccccc1)NC(=O)[C@@H](C)N)C(=O)Nc1ccc(COC(=O)Nc2ccc(C)cc2)cc1. The zero-order valence-electron chi connectivity index (χ0n) is 25.3. The third-order valence-electron chi connectivity index (χ3n) is 6.85. The van der Waals surface area contributed by atoms with Gasteiger partial charge in [0.1, 0.15) is 18.7 Å². The van der Waals surface area contributed by atoms with Crippen LogP contribution < -0.4 is 32.7 Å². The van der Waals surface area contributed by atoms with Crippen LogP contribution in [0.5, 0.6) is 0 Å². The standard InChI is InChI=1S/C33H42N6O5/c1-4-8-27(35)29(39-31(41)28(38-30(40)22(3)34)19-23-9-6-5-7-10-23)32(42)36-25-17-13-24(14-18-25)20-44-33(43)37-26-15-11-21(2)12-16-26/h5-7,9-18,22,27-29H,4,8,19-20,34-35H2,1-3H3,(H,36,42)(H,37,43)(H,38,40)(H,39,41)/t22-,27?,28+,29+/m1/s1. The minimum Gasteiger partial charge on any atom is -0.444 e. The maximum Gasteiger partial charge on any atom is 0.411 e. The Bertz CT molecular complexity index is 1380. The van der Waals surface area contributed by atoms with Crippen molar-refractivity contribution in [2.24, 2.45) is 11.5 Å². The Morgan fingerprint density at radius 3 is 1.98 bits per heavy atom. The summed E-state index contributed by atoms with van der Waals surface area (Å²) in [7, 11) is 0. The minimum atomic E-state index is -1.07. The maximum absolute atomic E-state index is 13.4. The molecule has 0 saturated heterocycles. The Balaban J connectivity index is 1.64. The van der Waals surface area contributed by atoms with E-state index in [4.69, 9.17) is 16.2 Å². The van der Waals surface area contributed by atoms with Crippen LogP contribution >= 0.6 is 0 Å². The summed E-state index contributed by atoms with van der Waals surface area (Å²) in [6.45, 7) is 5.44. The van der Waals surface area contributed by atoms with Crippen molar-refractivity contribution in [3.63, 3.8) is 0 Å². The average Bonchev–Trinajstić information content (AvgIpc) is 3.00. The van der Waals surface area contributed by atoms with Gasteiger partial charge in [-0.15, -0.1) is 0 Å². The summed E-state index contributed by atoms with van der Waals surface area (Å²) in [5.74, 6) is -1.54. The average molecular weight is 603 g/mol. The molecule has 0 aliphatic rings. The highest BCUT2D eigenvalue weighted by Crippen LogP contribution is 2.14. The molecular formula is C33H42N6O5. The van der Waals surface area contributed by atoms with E-state index in [0.717, 1.165) is 11.1 Å². The second-order valence-corrected chi connectivity index (χ2v) is 10.7. The van der Waals surface area contributed by atoms with Gasteiger partial charge in [-0.2, -0.15) is 0 Å². The van der Waals surface area contributed by atoms with Gasteiger partial charge in [0, 0.05) is 23.8 Å². The second kappa shape index (κ2) is 16.8. The van der Waals surface area contributed by atoms with Gasteiger partial charge >= 0.3 is 6.09 Å². The lowest BCUT2D eigenvalue weighted by atomic mass is 10.0. The number of amides is 4. The lowest BCUT2D eigenvalue weighted by Crippen LogP contribution is -2.59. The van der Waals surface area contributed by atoms with Crippen LogP contribution in [0.15, 0.2) is 78.9 Å². The summed E-state index contributed by atoms with van der Waals surface area (Å²) >= 11 is 0. The van der Waals surface area contributed by atoms with E-state index in [-0.39, 0.29) is 13.0 Å². The number of nitrogens with two attached hydrogens (primary N) is 2. The Morgan fingerprint density at radius 2 is 1.36 bits per heavy atom. The number of carbonyl (C=O) groups is 4. The molecule has 0 fully saturated rings. The van der Waals surface area contributed by atoms with Crippen molar-refractivity contribution >= 4 is 35.2 Å². The highest BCUT2D eigenvalue weighted by atomic mass is 16.5. The Hall–Kier alpha value is -4.74. The van der Waals surface area contributed by atoms with Crippen molar-refractivity contribution in [2.75, 3.05) is 10.6 Å². The smallest absolute Gasteiger partial charge is 0.411 e. The van der Waals surface area contributed by atoms with E-state index in [1.165, 1.54) is 6.92 Å². The molecule has 3 aromatic rings. The van der Waals surface area contributed by atoms with E-state index in [9.17, 15) is 19.2 Å². The van der Waals surface area contributed by atoms with E-state index in [2.05, 4.69) is 21.3 Å². The van der Waals surface area contributed by atoms with Crippen LogP contribution in [-0.4, -0.2) is 48.0 Å². The van der Waals surface area contributed by atoms with E-state index in [0.29, 0.717) is 29.8 Å². The summed E-state index contributed by atoms with van der Waals surface area (Å²) < 4.78 is 5.29. The first-order chi connectivity index (χ1) is 21.0. The number of hydrogen-bond acceptors (Lipinski definition) is 7. The molecule has 0 radical (unpaired) electrons. The fourth-order valence-electron chi connectivity index (χ4n) is 4.33. The number of benzene rings is 3. The third kappa shape index (κ3) is 10.8. The van der Waals surface area contributed by atoms with Crippen molar-refractivity contribution in [1.29, 1.82) is 0 Å². The highest BCUT2D eigenvalue weighted by molar-refractivity contribution is 5.99. The second-order valence-electron chi connectivity index (χ2n) is 10.7. The first kappa shape index (κ1) is 33.8. The summed E-state index contributed by atoms with van der Waals surface area (Å²) in [6.07, 6.45) is 0.795. The Morgan fingerprint density at radius 1 is 0.750 bits per heavy atom. The molecule has 0 aromatic heterocycles. The van der Waals surface area contributed by atoms with Crippen LogP contribution in [0.2, 0.25) is 0 Å². The Kier molecular flexibility index (Phi) is 12.9. The zero-order valence-corrected chi connectivity index (χ0v) is 25.3.